The number of benzene rings is 3. The van der Waals surface area contributed by atoms with E-state index in [-0.39, 0.29) is 24.3 Å². The van der Waals surface area contributed by atoms with Gasteiger partial charge in [-0.1, -0.05) is 42.5 Å². The Kier molecular flexibility index (Phi) is 6.36. The second-order valence-corrected chi connectivity index (χ2v) is 7.41. The van der Waals surface area contributed by atoms with Crippen molar-refractivity contribution in [1.82, 2.24) is 10.2 Å². The van der Waals surface area contributed by atoms with Gasteiger partial charge in [0, 0.05) is 24.0 Å². The number of anilines is 2. The number of para-hydroxylation sites is 1. The number of nitrogens with two attached hydrogens (primary N) is 1. The van der Waals surface area contributed by atoms with Crippen molar-refractivity contribution in [3.05, 3.63) is 108 Å². The van der Waals surface area contributed by atoms with E-state index in [0.717, 1.165) is 5.56 Å². The highest BCUT2D eigenvalue weighted by Crippen LogP contribution is 2.26. The van der Waals surface area contributed by atoms with E-state index in [0.29, 0.717) is 34.9 Å². The minimum Gasteiger partial charge on any atom is -0.402 e. The van der Waals surface area contributed by atoms with Crippen LogP contribution >= 0.6 is 0 Å². The first-order valence-corrected chi connectivity index (χ1v) is 10.4. The summed E-state index contributed by atoms with van der Waals surface area (Å²) in [4.78, 5) is 39.1. The largest absolute Gasteiger partial charge is 0.402 e. The molecule has 0 spiro atoms. The molecule has 3 aromatic rings. The average Bonchev–Trinajstić information content (AvgIpc) is 2.85. The quantitative estimate of drug-likeness (QED) is 0.437. The fourth-order valence-electron chi connectivity index (χ4n) is 3.46. The van der Waals surface area contributed by atoms with Crippen LogP contribution in [0.15, 0.2) is 90.9 Å². The predicted molar refractivity (Wildman–Crippen MR) is 126 cm³/mol. The highest BCUT2D eigenvalue weighted by Gasteiger charge is 2.29. The zero-order chi connectivity index (χ0) is 23.2. The summed E-state index contributed by atoms with van der Waals surface area (Å²) in [7, 11) is 0. The molecule has 0 bridgehead atoms. The number of urea groups is 1. The van der Waals surface area contributed by atoms with Crippen molar-refractivity contribution in [2.24, 2.45) is 5.73 Å². The summed E-state index contributed by atoms with van der Waals surface area (Å²) in [5, 5.41) is 8.58. The van der Waals surface area contributed by atoms with Crippen LogP contribution in [0.1, 0.15) is 26.3 Å². The average molecular weight is 441 g/mol. The van der Waals surface area contributed by atoms with Gasteiger partial charge in [-0.3, -0.25) is 14.5 Å². The summed E-state index contributed by atoms with van der Waals surface area (Å²) < 4.78 is 0. The van der Waals surface area contributed by atoms with Crippen molar-refractivity contribution in [2.45, 2.75) is 6.54 Å². The smallest absolute Gasteiger partial charge is 0.319 e. The van der Waals surface area contributed by atoms with E-state index in [1.165, 1.54) is 11.1 Å². The molecule has 0 aliphatic carbocycles. The molecule has 0 saturated heterocycles. The van der Waals surface area contributed by atoms with Crippen LogP contribution in [-0.4, -0.2) is 29.2 Å². The van der Waals surface area contributed by atoms with Crippen molar-refractivity contribution in [1.29, 1.82) is 0 Å². The summed E-state index contributed by atoms with van der Waals surface area (Å²) in [5.74, 6) is -0.216. The van der Waals surface area contributed by atoms with Crippen molar-refractivity contribution < 1.29 is 14.4 Å². The highest BCUT2D eigenvalue weighted by atomic mass is 16.2. The maximum absolute atomic E-state index is 12.9. The van der Waals surface area contributed by atoms with Gasteiger partial charge >= 0.3 is 6.03 Å². The number of rotatable bonds is 6. The zero-order valence-corrected chi connectivity index (χ0v) is 17.7. The maximum Gasteiger partial charge on any atom is 0.319 e. The van der Waals surface area contributed by atoms with Crippen LogP contribution in [0.2, 0.25) is 0 Å². The van der Waals surface area contributed by atoms with Crippen LogP contribution in [0.25, 0.3) is 0 Å². The van der Waals surface area contributed by atoms with Gasteiger partial charge in [-0.25, -0.2) is 4.79 Å². The van der Waals surface area contributed by atoms with Crippen molar-refractivity contribution >= 4 is 29.1 Å². The Labute approximate surface area is 191 Å². The third-order valence-electron chi connectivity index (χ3n) is 5.18. The number of nitrogens with one attached hydrogen (secondary N) is 3. The van der Waals surface area contributed by atoms with Gasteiger partial charge in [-0.15, -0.1) is 0 Å². The van der Waals surface area contributed by atoms with E-state index in [2.05, 4.69) is 16.0 Å². The Balaban J connectivity index is 1.37. The van der Waals surface area contributed by atoms with Gasteiger partial charge in [0.25, 0.3) is 5.91 Å². The Morgan fingerprint density at radius 3 is 2.36 bits per heavy atom. The van der Waals surface area contributed by atoms with E-state index >= 15 is 0 Å². The third kappa shape index (κ3) is 5.01. The van der Waals surface area contributed by atoms with Crippen LogP contribution in [0, 0.1) is 0 Å². The minimum atomic E-state index is -0.348. The Morgan fingerprint density at radius 2 is 1.64 bits per heavy atom. The summed E-state index contributed by atoms with van der Waals surface area (Å²) in [6.07, 6.45) is 1.27. The van der Waals surface area contributed by atoms with E-state index in [9.17, 15) is 14.4 Å². The summed E-state index contributed by atoms with van der Waals surface area (Å²) in [6.45, 7) is 0.231. The summed E-state index contributed by atoms with van der Waals surface area (Å²) in [5.41, 5.74) is 8.74. The lowest BCUT2D eigenvalue weighted by Crippen LogP contribution is -2.41. The SMILES string of the molecule is N/C=C1\Nc2ccccc2C(=O)N1CC(=O)c1ccc(NC(=O)NCc2ccccc2)cc1. The highest BCUT2D eigenvalue weighted by molar-refractivity contribution is 6.07. The Bertz CT molecular complexity index is 1210. The Morgan fingerprint density at radius 1 is 0.939 bits per heavy atom. The second kappa shape index (κ2) is 9.69. The number of carbonyl (C=O) groups excluding carboxylic acids is 3. The molecule has 1 aliphatic rings. The molecule has 0 saturated carbocycles. The van der Waals surface area contributed by atoms with Crippen LogP contribution in [0.3, 0.4) is 0 Å². The fourth-order valence-corrected chi connectivity index (χ4v) is 3.46. The number of ketones is 1. The van der Waals surface area contributed by atoms with E-state index in [1.54, 1.807) is 42.5 Å². The van der Waals surface area contributed by atoms with Gasteiger partial charge in [0.1, 0.15) is 5.82 Å². The summed E-state index contributed by atoms with van der Waals surface area (Å²) in [6, 6.07) is 22.8. The molecular formula is C25H23N5O3. The van der Waals surface area contributed by atoms with Crippen molar-refractivity contribution in [3.8, 4) is 0 Å². The topological polar surface area (TPSA) is 117 Å². The van der Waals surface area contributed by atoms with Gasteiger partial charge in [-0.05, 0) is 42.0 Å². The molecule has 8 nitrogen and oxygen atoms in total. The van der Waals surface area contributed by atoms with Gasteiger partial charge in [-0.2, -0.15) is 0 Å². The normalized spacial score (nSPS) is 13.8. The van der Waals surface area contributed by atoms with Crippen LogP contribution in [0.5, 0.6) is 0 Å². The molecule has 5 N–H and O–H groups in total. The maximum atomic E-state index is 12.9. The van der Waals surface area contributed by atoms with Gasteiger partial charge in [0.2, 0.25) is 0 Å². The number of nitrogens with zero attached hydrogens (tertiary/aromatic N) is 1. The third-order valence-corrected chi connectivity index (χ3v) is 5.18. The fraction of sp³-hybridized carbons (Fsp3) is 0.0800. The molecule has 0 radical (unpaired) electrons. The molecule has 166 valence electrons. The van der Waals surface area contributed by atoms with Crippen LogP contribution in [0.4, 0.5) is 16.2 Å². The lowest BCUT2D eigenvalue weighted by Gasteiger charge is -2.31. The standard InChI is InChI=1S/C25H23N5O3/c26-14-23-29-21-9-5-4-8-20(21)24(32)30(23)16-22(31)18-10-12-19(13-11-18)28-25(33)27-15-17-6-2-1-3-7-17/h1-14,29H,15-16,26H2,(H2,27,28,33)/b23-14+. The monoisotopic (exact) mass is 441 g/mol. The first kappa shape index (κ1) is 21.6. The summed E-state index contributed by atoms with van der Waals surface area (Å²) >= 11 is 0. The molecule has 33 heavy (non-hydrogen) atoms. The molecular weight excluding hydrogens is 418 g/mol. The van der Waals surface area contributed by atoms with Crippen molar-refractivity contribution in [3.63, 3.8) is 0 Å². The number of fused-ring (bicyclic) bond motifs is 1. The molecule has 3 aromatic carbocycles. The van der Waals surface area contributed by atoms with E-state index in [4.69, 9.17) is 5.73 Å². The van der Waals surface area contributed by atoms with Crippen LogP contribution in [-0.2, 0) is 6.54 Å². The molecule has 0 atom stereocenters. The molecule has 3 amide bonds. The van der Waals surface area contributed by atoms with Gasteiger partial charge in [0.05, 0.1) is 17.8 Å². The molecule has 4 rings (SSSR count). The first-order valence-electron chi connectivity index (χ1n) is 10.4. The lowest BCUT2D eigenvalue weighted by molar-refractivity contribution is 0.0753. The predicted octanol–water partition coefficient (Wildman–Crippen LogP) is 3.52. The molecule has 1 heterocycles. The Hall–Kier alpha value is -4.59. The first-order chi connectivity index (χ1) is 16.0. The molecule has 0 fully saturated rings. The number of Topliss-reactive ketones (excluding diaryl/α,β-unsaturated/α-hetero) is 1. The molecule has 8 heteroatoms. The minimum absolute atomic E-state index is 0.173. The number of hydrogen-bond donors (Lipinski definition) is 4. The van der Waals surface area contributed by atoms with Gasteiger partial charge in [0.15, 0.2) is 5.78 Å². The van der Waals surface area contributed by atoms with Crippen LogP contribution < -0.4 is 21.7 Å². The zero-order valence-electron chi connectivity index (χ0n) is 17.7. The molecule has 1 aliphatic heterocycles. The van der Waals surface area contributed by atoms with Crippen molar-refractivity contribution in [2.75, 3.05) is 17.2 Å². The van der Waals surface area contributed by atoms with Gasteiger partial charge < -0.3 is 21.7 Å². The number of amides is 3. The van der Waals surface area contributed by atoms with E-state index in [1.807, 2.05) is 36.4 Å². The molecule has 0 unspecified atom stereocenters. The number of hydrogen-bond acceptors (Lipinski definition) is 5. The number of carbonyl (C=O) groups is 3. The second-order valence-electron chi connectivity index (χ2n) is 7.41. The molecule has 0 aromatic heterocycles. The van der Waals surface area contributed by atoms with E-state index < -0.39 is 0 Å². The lowest BCUT2D eigenvalue weighted by atomic mass is 10.1.